The van der Waals surface area contributed by atoms with Gasteiger partial charge in [-0.1, -0.05) is 19.1 Å². The van der Waals surface area contributed by atoms with Gasteiger partial charge in [0, 0.05) is 19.1 Å². The smallest absolute Gasteiger partial charge is 0.146 e. The number of nitrogens with zero attached hydrogens (tertiary/aromatic N) is 1. The van der Waals surface area contributed by atoms with Crippen molar-refractivity contribution in [3.63, 3.8) is 0 Å². The molecule has 1 aromatic carbocycles. The molecule has 2 N–H and O–H groups in total. The van der Waals surface area contributed by atoms with Crippen molar-refractivity contribution in [2.75, 3.05) is 18.0 Å². The Hall–Kier alpha value is -1.09. The average molecular weight is 210 g/mol. The number of benzene rings is 1. The number of hydrogen-bond donors (Lipinski definition) is 1. The van der Waals surface area contributed by atoms with Crippen LogP contribution in [-0.2, 0) is 0 Å². The fourth-order valence-electron chi connectivity index (χ4n) is 1.52. The molecule has 0 amide bonds. The molecule has 15 heavy (non-hydrogen) atoms. The third-order valence-corrected chi connectivity index (χ3v) is 2.55. The summed E-state index contributed by atoms with van der Waals surface area (Å²) in [6.45, 7) is 5.53. The molecule has 2 nitrogen and oxygen atoms in total. The van der Waals surface area contributed by atoms with E-state index in [1.54, 1.807) is 12.1 Å². The average Bonchev–Trinajstić information content (AvgIpc) is 2.26. The first-order chi connectivity index (χ1) is 7.19. The van der Waals surface area contributed by atoms with Gasteiger partial charge in [0.05, 0.1) is 5.69 Å². The van der Waals surface area contributed by atoms with E-state index in [2.05, 4.69) is 0 Å². The number of likely N-dealkylation sites (N-methyl/N-ethyl adjacent to an activating group) is 1. The molecule has 0 radical (unpaired) electrons. The van der Waals surface area contributed by atoms with Gasteiger partial charge in [0.15, 0.2) is 0 Å². The molecule has 84 valence electrons. The van der Waals surface area contributed by atoms with Gasteiger partial charge < -0.3 is 10.6 Å². The third-order valence-electron chi connectivity index (χ3n) is 2.55. The summed E-state index contributed by atoms with van der Waals surface area (Å²) in [5, 5.41) is 0. The lowest BCUT2D eigenvalue weighted by Crippen LogP contribution is -2.37. The van der Waals surface area contributed by atoms with Crippen molar-refractivity contribution < 1.29 is 4.39 Å². The summed E-state index contributed by atoms with van der Waals surface area (Å²) in [6.07, 6.45) is 0.908. The maximum Gasteiger partial charge on any atom is 0.146 e. The predicted molar refractivity (Wildman–Crippen MR) is 62.6 cm³/mol. The van der Waals surface area contributed by atoms with Crippen molar-refractivity contribution in [2.24, 2.45) is 5.73 Å². The number of anilines is 1. The summed E-state index contributed by atoms with van der Waals surface area (Å²) in [6, 6.07) is 6.92. The molecule has 0 aliphatic heterocycles. The SMILES string of the molecule is CCC(N)CN(CC)c1ccccc1F. The highest BCUT2D eigenvalue weighted by atomic mass is 19.1. The topological polar surface area (TPSA) is 29.3 Å². The Kier molecular flexibility index (Phi) is 4.56. The van der Waals surface area contributed by atoms with Crippen molar-refractivity contribution in [1.82, 2.24) is 0 Å². The second-order valence-electron chi connectivity index (χ2n) is 3.66. The van der Waals surface area contributed by atoms with Gasteiger partial charge in [-0.05, 0) is 25.5 Å². The van der Waals surface area contributed by atoms with Crippen molar-refractivity contribution in [2.45, 2.75) is 26.3 Å². The molecule has 1 unspecified atom stereocenters. The van der Waals surface area contributed by atoms with Crippen molar-refractivity contribution in [3.05, 3.63) is 30.1 Å². The van der Waals surface area contributed by atoms with Crippen LogP contribution in [-0.4, -0.2) is 19.1 Å². The largest absolute Gasteiger partial charge is 0.368 e. The zero-order chi connectivity index (χ0) is 11.3. The highest BCUT2D eigenvalue weighted by molar-refractivity contribution is 5.47. The minimum absolute atomic E-state index is 0.101. The van der Waals surface area contributed by atoms with Crippen LogP contribution in [0.15, 0.2) is 24.3 Å². The van der Waals surface area contributed by atoms with E-state index in [1.807, 2.05) is 24.8 Å². The van der Waals surface area contributed by atoms with E-state index >= 15 is 0 Å². The lowest BCUT2D eigenvalue weighted by atomic mass is 10.2. The number of rotatable bonds is 5. The van der Waals surface area contributed by atoms with Gasteiger partial charge in [-0.25, -0.2) is 4.39 Å². The fraction of sp³-hybridized carbons (Fsp3) is 0.500. The summed E-state index contributed by atoms with van der Waals surface area (Å²) in [4.78, 5) is 1.98. The Balaban J connectivity index is 2.78. The summed E-state index contributed by atoms with van der Waals surface area (Å²) in [5.74, 6) is -0.178. The van der Waals surface area contributed by atoms with Crippen molar-refractivity contribution >= 4 is 5.69 Å². The van der Waals surface area contributed by atoms with Crippen molar-refractivity contribution in [3.8, 4) is 0 Å². The molecule has 1 atom stereocenters. The Labute approximate surface area is 90.9 Å². The van der Waals surface area contributed by atoms with E-state index in [4.69, 9.17) is 5.73 Å². The van der Waals surface area contributed by atoms with Gasteiger partial charge in [-0.3, -0.25) is 0 Å². The monoisotopic (exact) mass is 210 g/mol. The first kappa shape index (κ1) is 12.0. The molecule has 1 aromatic rings. The predicted octanol–water partition coefficient (Wildman–Crippen LogP) is 2.39. The Morgan fingerprint density at radius 3 is 2.53 bits per heavy atom. The van der Waals surface area contributed by atoms with E-state index in [0.717, 1.165) is 13.0 Å². The number of hydrogen-bond acceptors (Lipinski definition) is 2. The van der Waals surface area contributed by atoms with E-state index < -0.39 is 0 Å². The maximum absolute atomic E-state index is 13.5. The summed E-state index contributed by atoms with van der Waals surface area (Å²) in [7, 11) is 0. The standard InChI is InChI=1S/C12H19FN2/c1-3-10(14)9-15(4-2)12-8-6-5-7-11(12)13/h5-8,10H,3-4,9,14H2,1-2H3. The first-order valence-electron chi connectivity index (χ1n) is 5.44. The van der Waals surface area contributed by atoms with E-state index in [-0.39, 0.29) is 11.9 Å². The first-order valence-corrected chi connectivity index (χ1v) is 5.44. The number of halogens is 1. The second kappa shape index (κ2) is 5.71. The molecule has 0 saturated heterocycles. The highest BCUT2D eigenvalue weighted by Gasteiger charge is 2.11. The lowest BCUT2D eigenvalue weighted by molar-refractivity contribution is 0.591. The van der Waals surface area contributed by atoms with Gasteiger partial charge in [0.2, 0.25) is 0 Å². The molecular formula is C12H19FN2. The fourth-order valence-corrected chi connectivity index (χ4v) is 1.52. The molecular weight excluding hydrogens is 191 g/mol. The summed E-state index contributed by atoms with van der Waals surface area (Å²) < 4.78 is 13.5. The van der Waals surface area contributed by atoms with Crippen LogP contribution in [0.5, 0.6) is 0 Å². The van der Waals surface area contributed by atoms with Gasteiger partial charge in [-0.15, -0.1) is 0 Å². The van der Waals surface area contributed by atoms with E-state index in [9.17, 15) is 4.39 Å². The van der Waals surface area contributed by atoms with Crippen LogP contribution in [0.4, 0.5) is 10.1 Å². The molecule has 0 bridgehead atoms. The molecule has 1 rings (SSSR count). The van der Waals surface area contributed by atoms with Crippen LogP contribution in [0.2, 0.25) is 0 Å². The zero-order valence-corrected chi connectivity index (χ0v) is 9.41. The lowest BCUT2D eigenvalue weighted by Gasteiger charge is -2.26. The summed E-state index contributed by atoms with van der Waals surface area (Å²) >= 11 is 0. The van der Waals surface area contributed by atoms with Crippen molar-refractivity contribution in [1.29, 1.82) is 0 Å². The minimum atomic E-state index is -0.178. The normalized spacial score (nSPS) is 12.5. The van der Waals surface area contributed by atoms with Gasteiger partial charge in [0.25, 0.3) is 0 Å². The molecule has 0 fully saturated rings. The third kappa shape index (κ3) is 3.20. The van der Waals surface area contributed by atoms with Gasteiger partial charge in [0.1, 0.15) is 5.82 Å². The molecule has 0 aliphatic carbocycles. The number of para-hydroxylation sites is 1. The Bertz CT molecular complexity index is 301. The molecule has 0 aliphatic rings. The number of nitrogens with two attached hydrogens (primary N) is 1. The summed E-state index contributed by atoms with van der Waals surface area (Å²) in [5.41, 5.74) is 6.52. The van der Waals surface area contributed by atoms with Crippen LogP contribution in [0.25, 0.3) is 0 Å². The van der Waals surface area contributed by atoms with Gasteiger partial charge >= 0.3 is 0 Å². The maximum atomic E-state index is 13.5. The van der Waals surface area contributed by atoms with E-state index in [1.165, 1.54) is 6.07 Å². The molecule has 0 saturated carbocycles. The van der Waals surface area contributed by atoms with Crippen LogP contribution < -0.4 is 10.6 Å². The second-order valence-corrected chi connectivity index (χ2v) is 3.66. The van der Waals surface area contributed by atoms with Crippen LogP contribution >= 0.6 is 0 Å². The quantitative estimate of drug-likeness (QED) is 0.808. The zero-order valence-electron chi connectivity index (χ0n) is 9.41. The molecule has 0 aromatic heterocycles. The van der Waals surface area contributed by atoms with Crippen LogP contribution in [0.3, 0.4) is 0 Å². The molecule has 3 heteroatoms. The Morgan fingerprint density at radius 1 is 1.33 bits per heavy atom. The highest BCUT2D eigenvalue weighted by Crippen LogP contribution is 2.18. The molecule has 0 heterocycles. The van der Waals surface area contributed by atoms with Gasteiger partial charge in [-0.2, -0.15) is 0 Å². The van der Waals surface area contributed by atoms with E-state index in [0.29, 0.717) is 12.2 Å². The Morgan fingerprint density at radius 2 is 2.00 bits per heavy atom. The minimum Gasteiger partial charge on any atom is -0.368 e. The van der Waals surface area contributed by atoms with Crippen LogP contribution in [0.1, 0.15) is 20.3 Å². The molecule has 0 spiro atoms. The van der Waals surface area contributed by atoms with Crippen LogP contribution in [0, 0.1) is 5.82 Å².